The fourth-order valence-electron chi connectivity index (χ4n) is 2.37. The highest BCUT2D eigenvalue weighted by molar-refractivity contribution is 4.92. The van der Waals surface area contributed by atoms with Gasteiger partial charge in [-0.3, -0.25) is 0 Å². The van der Waals surface area contributed by atoms with E-state index in [1.807, 2.05) is 0 Å². The van der Waals surface area contributed by atoms with Gasteiger partial charge >= 0.3 is 0 Å². The van der Waals surface area contributed by atoms with Crippen molar-refractivity contribution in [1.82, 2.24) is 0 Å². The smallest absolute Gasteiger partial charge is 0.0805 e. The molecule has 0 aromatic carbocycles. The van der Waals surface area contributed by atoms with Crippen LogP contribution in [0, 0.1) is 5.41 Å². The molecule has 0 saturated heterocycles. The Balaban J connectivity index is 2.65. The van der Waals surface area contributed by atoms with Gasteiger partial charge in [-0.1, -0.05) is 20.3 Å². The van der Waals surface area contributed by atoms with Crippen molar-refractivity contribution in [3.63, 3.8) is 0 Å². The molecule has 0 aromatic heterocycles. The van der Waals surface area contributed by atoms with Crippen molar-refractivity contribution >= 4 is 0 Å². The lowest BCUT2D eigenvalue weighted by molar-refractivity contribution is -0.0652. The Kier molecular flexibility index (Phi) is 2.79. The molecule has 1 saturated carbocycles. The summed E-state index contributed by atoms with van der Waals surface area (Å²) in [5, 5.41) is 0. The van der Waals surface area contributed by atoms with Crippen LogP contribution in [0.4, 0.5) is 0 Å². The summed E-state index contributed by atoms with van der Waals surface area (Å²) in [5.41, 5.74) is 6.13. The Morgan fingerprint density at radius 3 is 2.33 bits per heavy atom. The van der Waals surface area contributed by atoms with Crippen LogP contribution < -0.4 is 5.73 Å². The van der Waals surface area contributed by atoms with Gasteiger partial charge in [0.15, 0.2) is 0 Å². The molecule has 1 aliphatic rings. The zero-order valence-electron chi connectivity index (χ0n) is 8.52. The lowest BCUT2D eigenvalue weighted by atomic mass is 9.70. The summed E-state index contributed by atoms with van der Waals surface area (Å²) in [7, 11) is 1.79. The minimum atomic E-state index is -0.0260. The molecule has 2 heteroatoms. The molecule has 1 aliphatic carbocycles. The first kappa shape index (κ1) is 10.0. The molecule has 2 nitrogen and oxygen atoms in total. The Morgan fingerprint density at radius 1 is 1.33 bits per heavy atom. The van der Waals surface area contributed by atoms with Gasteiger partial charge in [-0.15, -0.1) is 0 Å². The van der Waals surface area contributed by atoms with Crippen LogP contribution in [0.15, 0.2) is 0 Å². The Morgan fingerprint density at radius 2 is 2.00 bits per heavy atom. The van der Waals surface area contributed by atoms with Crippen molar-refractivity contribution in [3.8, 4) is 0 Å². The van der Waals surface area contributed by atoms with Gasteiger partial charge in [-0.2, -0.15) is 0 Å². The maximum Gasteiger partial charge on any atom is 0.0805 e. The van der Waals surface area contributed by atoms with E-state index >= 15 is 0 Å². The minimum absolute atomic E-state index is 0.0260. The number of nitrogens with two attached hydrogens (primary N) is 1. The second kappa shape index (κ2) is 3.35. The largest absolute Gasteiger partial charge is 0.377 e. The third-order valence-electron chi connectivity index (χ3n) is 3.09. The van der Waals surface area contributed by atoms with Crippen LogP contribution in [-0.4, -0.2) is 19.3 Å². The molecular formula is C10H21NO. The van der Waals surface area contributed by atoms with E-state index in [0.29, 0.717) is 12.0 Å². The quantitative estimate of drug-likeness (QED) is 0.689. The highest BCUT2D eigenvalue weighted by atomic mass is 16.5. The average Bonchev–Trinajstić information content (AvgIpc) is 2.02. The first-order valence-corrected chi connectivity index (χ1v) is 4.79. The molecule has 0 aromatic rings. The van der Waals surface area contributed by atoms with E-state index in [1.165, 1.54) is 12.8 Å². The lowest BCUT2D eigenvalue weighted by Crippen LogP contribution is -2.46. The van der Waals surface area contributed by atoms with Gasteiger partial charge in [0.1, 0.15) is 0 Å². The van der Waals surface area contributed by atoms with Gasteiger partial charge in [-0.25, -0.2) is 0 Å². The van der Waals surface area contributed by atoms with Crippen LogP contribution in [0.25, 0.3) is 0 Å². The summed E-state index contributed by atoms with van der Waals surface area (Å²) in [5.74, 6) is 0. The lowest BCUT2D eigenvalue weighted by Gasteiger charge is -2.43. The molecular weight excluding hydrogens is 150 g/mol. The first-order valence-electron chi connectivity index (χ1n) is 4.79. The maximum absolute atomic E-state index is 5.74. The summed E-state index contributed by atoms with van der Waals surface area (Å²) in [4.78, 5) is 0. The van der Waals surface area contributed by atoms with Crippen molar-refractivity contribution in [2.45, 2.75) is 45.1 Å². The zero-order valence-corrected chi connectivity index (χ0v) is 8.52. The van der Waals surface area contributed by atoms with Crippen molar-refractivity contribution in [2.24, 2.45) is 11.1 Å². The van der Waals surface area contributed by atoms with E-state index in [0.717, 1.165) is 12.8 Å². The summed E-state index contributed by atoms with van der Waals surface area (Å²) < 4.78 is 5.54. The topological polar surface area (TPSA) is 35.2 Å². The number of hydrogen-bond acceptors (Lipinski definition) is 2. The highest BCUT2D eigenvalue weighted by Crippen LogP contribution is 2.41. The first-order chi connectivity index (χ1) is 5.54. The van der Waals surface area contributed by atoms with Gasteiger partial charge in [0.2, 0.25) is 0 Å². The van der Waals surface area contributed by atoms with Crippen LogP contribution in [0.5, 0.6) is 0 Å². The van der Waals surface area contributed by atoms with E-state index in [2.05, 4.69) is 13.8 Å². The highest BCUT2D eigenvalue weighted by Gasteiger charge is 2.38. The van der Waals surface area contributed by atoms with E-state index in [1.54, 1.807) is 7.11 Å². The van der Waals surface area contributed by atoms with E-state index in [-0.39, 0.29) is 5.60 Å². The molecule has 1 atom stereocenters. The van der Waals surface area contributed by atoms with Gasteiger partial charge in [0.25, 0.3) is 0 Å². The van der Waals surface area contributed by atoms with Gasteiger partial charge < -0.3 is 10.5 Å². The number of rotatable bonds is 2. The monoisotopic (exact) mass is 171 g/mol. The molecule has 2 N–H and O–H groups in total. The number of methoxy groups -OCH3 is 1. The molecule has 0 radical (unpaired) electrons. The SMILES string of the molecule is COC1(CN)CCCC(C)(C)C1. The molecule has 1 rings (SSSR count). The molecule has 0 bridgehead atoms. The van der Waals surface area contributed by atoms with Crippen LogP contribution in [0.2, 0.25) is 0 Å². The van der Waals surface area contributed by atoms with Crippen molar-refractivity contribution < 1.29 is 4.74 Å². The second-order valence-corrected chi connectivity index (χ2v) is 4.79. The Bertz CT molecular complexity index is 150. The molecule has 0 amide bonds. The van der Waals surface area contributed by atoms with Gasteiger partial charge in [-0.05, 0) is 24.7 Å². The molecule has 0 aliphatic heterocycles. The fraction of sp³-hybridized carbons (Fsp3) is 1.00. The van der Waals surface area contributed by atoms with Crippen molar-refractivity contribution in [2.75, 3.05) is 13.7 Å². The standard InChI is InChI=1S/C10H21NO/c1-9(2)5-4-6-10(7-9,8-11)12-3/h4-8,11H2,1-3H3. The zero-order chi connectivity index (χ0) is 9.24. The van der Waals surface area contributed by atoms with Gasteiger partial charge in [0, 0.05) is 13.7 Å². The van der Waals surface area contributed by atoms with E-state index < -0.39 is 0 Å². The summed E-state index contributed by atoms with van der Waals surface area (Å²) >= 11 is 0. The molecule has 1 fully saturated rings. The molecule has 72 valence electrons. The predicted molar refractivity (Wildman–Crippen MR) is 51.0 cm³/mol. The predicted octanol–water partition coefficient (Wildman–Crippen LogP) is 1.93. The third kappa shape index (κ3) is 1.99. The second-order valence-electron chi connectivity index (χ2n) is 4.79. The summed E-state index contributed by atoms with van der Waals surface area (Å²) in [6, 6.07) is 0. The van der Waals surface area contributed by atoms with Crippen molar-refractivity contribution in [3.05, 3.63) is 0 Å². The average molecular weight is 171 g/mol. The Hall–Kier alpha value is -0.0800. The van der Waals surface area contributed by atoms with Crippen LogP contribution in [-0.2, 0) is 4.74 Å². The molecule has 1 unspecified atom stereocenters. The normalized spacial score (nSPS) is 35.0. The summed E-state index contributed by atoms with van der Waals surface area (Å²) in [6.45, 7) is 5.26. The van der Waals surface area contributed by atoms with E-state index in [4.69, 9.17) is 10.5 Å². The molecule has 0 heterocycles. The number of ether oxygens (including phenoxy) is 1. The van der Waals surface area contributed by atoms with E-state index in [9.17, 15) is 0 Å². The maximum atomic E-state index is 5.74. The fourth-order valence-corrected chi connectivity index (χ4v) is 2.37. The van der Waals surface area contributed by atoms with Crippen LogP contribution in [0.3, 0.4) is 0 Å². The molecule has 12 heavy (non-hydrogen) atoms. The van der Waals surface area contributed by atoms with Crippen molar-refractivity contribution in [1.29, 1.82) is 0 Å². The minimum Gasteiger partial charge on any atom is -0.377 e. The number of hydrogen-bond donors (Lipinski definition) is 1. The van der Waals surface area contributed by atoms with Crippen LogP contribution in [0.1, 0.15) is 39.5 Å². The summed E-state index contributed by atoms with van der Waals surface area (Å²) in [6.07, 6.45) is 4.78. The molecule has 0 spiro atoms. The van der Waals surface area contributed by atoms with Crippen LogP contribution >= 0.6 is 0 Å². The third-order valence-corrected chi connectivity index (χ3v) is 3.09. The van der Waals surface area contributed by atoms with Gasteiger partial charge in [0.05, 0.1) is 5.60 Å². The Labute approximate surface area is 75.5 Å².